The lowest BCUT2D eigenvalue weighted by Crippen LogP contribution is -2.50. The van der Waals surface area contributed by atoms with Crippen molar-refractivity contribution in [2.24, 2.45) is 5.92 Å². The van der Waals surface area contributed by atoms with Crippen LogP contribution in [0.5, 0.6) is 0 Å². The number of rotatable bonds is 10. The van der Waals surface area contributed by atoms with Crippen molar-refractivity contribution in [1.82, 2.24) is 10.6 Å². The van der Waals surface area contributed by atoms with Gasteiger partial charge in [0.1, 0.15) is 0 Å². The Labute approximate surface area is 228 Å². The zero-order valence-corrected chi connectivity index (χ0v) is 23.3. The Bertz CT molecular complexity index is 1330. The van der Waals surface area contributed by atoms with Crippen LogP contribution < -0.4 is 10.6 Å². The largest absolute Gasteiger partial charge is 0.308 e. The van der Waals surface area contributed by atoms with Gasteiger partial charge in [-0.2, -0.15) is 0 Å². The summed E-state index contributed by atoms with van der Waals surface area (Å²) in [7, 11) is -3.44. The number of fused-ring (bicyclic) bond motifs is 3. The maximum atomic E-state index is 13.9. The lowest BCUT2D eigenvalue weighted by Gasteiger charge is -2.30. The number of hydrogen-bond acceptors (Lipinski definition) is 4. The van der Waals surface area contributed by atoms with Crippen molar-refractivity contribution in [1.29, 1.82) is 0 Å². The molecule has 3 aromatic carbocycles. The highest BCUT2D eigenvalue weighted by atomic mass is 32.2. The minimum Gasteiger partial charge on any atom is -0.308 e. The van der Waals surface area contributed by atoms with E-state index in [9.17, 15) is 8.42 Å². The van der Waals surface area contributed by atoms with Crippen LogP contribution in [0, 0.1) is 5.92 Å². The summed E-state index contributed by atoms with van der Waals surface area (Å²) in [6, 6.07) is 22.8. The quantitative estimate of drug-likeness (QED) is 0.291. The van der Waals surface area contributed by atoms with Crippen LogP contribution in [0.1, 0.15) is 75.3 Å². The second-order valence-electron chi connectivity index (χ2n) is 11.9. The molecule has 2 N–H and O–H groups in total. The highest BCUT2D eigenvalue weighted by Crippen LogP contribution is 2.36. The van der Waals surface area contributed by atoms with Crippen molar-refractivity contribution in [2.75, 3.05) is 0 Å². The number of benzene rings is 3. The fourth-order valence-corrected chi connectivity index (χ4v) is 9.46. The van der Waals surface area contributed by atoms with Gasteiger partial charge in [0.05, 0.1) is 10.1 Å². The van der Waals surface area contributed by atoms with Crippen molar-refractivity contribution in [3.05, 3.63) is 77.9 Å². The number of hydrogen-bond donors (Lipinski definition) is 2. The van der Waals surface area contributed by atoms with Crippen LogP contribution in [0.25, 0.3) is 10.8 Å². The van der Waals surface area contributed by atoms with Gasteiger partial charge in [-0.3, -0.25) is 0 Å². The monoisotopic (exact) mass is 530 g/mol. The molecule has 1 aliphatic carbocycles. The van der Waals surface area contributed by atoms with Crippen molar-refractivity contribution in [3.63, 3.8) is 0 Å². The second-order valence-corrected chi connectivity index (χ2v) is 14.1. The zero-order valence-electron chi connectivity index (χ0n) is 22.4. The molecule has 4 nitrogen and oxygen atoms in total. The highest BCUT2D eigenvalue weighted by molar-refractivity contribution is 7.92. The first-order valence-electron chi connectivity index (χ1n) is 14.9. The van der Waals surface area contributed by atoms with Gasteiger partial charge < -0.3 is 10.6 Å². The molecule has 2 saturated heterocycles. The number of nitrogens with one attached hydrogen (secondary N) is 2. The van der Waals surface area contributed by atoms with Gasteiger partial charge in [0.25, 0.3) is 0 Å². The van der Waals surface area contributed by atoms with E-state index in [0.717, 1.165) is 25.2 Å². The van der Waals surface area contributed by atoms with Gasteiger partial charge in [-0.1, -0.05) is 93.5 Å². The van der Waals surface area contributed by atoms with E-state index in [0.29, 0.717) is 11.4 Å². The van der Waals surface area contributed by atoms with Crippen molar-refractivity contribution in [3.8, 4) is 0 Å². The fourth-order valence-electron chi connectivity index (χ4n) is 7.32. The van der Waals surface area contributed by atoms with Crippen molar-refractivity contribution in [2.45, 2.75) is 105 Å². The topological polar surface area (TPSA) is 58.2 Å². The fraction of sp³-hybridized carbons (Fsp3) is 0.515. The molecule has 0 aromatic heterocycles. The second kappa shape index (κ2) is 11.5. The van der Waals surface area contributed by atoms with Gasteiger partial charge in [0, 0.05) is 24.7 Å². The Morgan fingerprint density at radius 2 is 1.50 bits per heavy atom. The van der Waals surface area contributed by atoms with Crippen LogP contribution in [0.15, 0.2) is 71.6 Å². The predicted octanol–water partition coefficient (Wildman–Crippen LogP) is 6.57. The molecule has 0 amide bonds. The van der Waals surface area contributed by atoms with Crippen LogP contribution in [0.4, 0.5) is 0 Å². The zero-order chi connectivity index (χ0) is 26.0. The first-order chi connectivity index (χ1) is 18.6. The molecular weight excluding hydrogens is 488 g/mol. The smallest absolute Gasteiger partial charge is 0.184 e. The van der Waals surface area contributed by atoms with Gasteiger partial charge in [0.2, 0.25) is 0 Å². The summed E-state index contributed by atoms with van der Waals surface area (Å²) in [6.45, 7) is 0.673. The van der Waals surface area contributed by atoms with Crippen LogP contribution in [0.2, 0.25) is 0 Å². The molecule has 202 valence electrons. The molecule has 38 heavy (non-hydrogen) atoms. The molecular formula is C33H42N2O2S. The average Bonchev–Trinajstić information content (AvgIpc) is 3.57. The number of sulfone groups is 1. The van der Waals surface area contributed by atoms with Gasteiger partial charge >= 0.3 is 0 Å². The summed E-state index contributed by atoms with van der Waals surface area (Å²) >= 11 is 0. The van der Waals surface area contributed by atoms with Crippen LogP contribution in [-0.2, 0) is 22.8 Å². The van der Waals surface area contributed by atoms with Gasteiger partial charge in [0.15, 0.2) is 9.84 Å². The van der Waals surface area contributed by atoms with E-state index in [1.807, 2.05) is 24.3 Å². The summed E-state index contributed by atoms with van der Waals surface area (Å²) in [4.78, 5) is 0.473. The average molecular weight is 531 g/mol. The van der Waals surface area contributed by atoms with Crippen LogP contribution in [-0.4, -0.2) is 31.8 Å². The van der Waals surface area contributed by atoms with E-state index < -0.39 is 15.1 Å². The Kier molecular flexibility index (Phi) is 7.87. The van der Waals surface area contributed by atoms with E-state index in [1.54, 1.807) is 0 Å². The minimum atomic E-state index is -3.44. The van der Waals surface area contributed by atoms with E-state index in [1.165, 1.54) is 73.3 Å². The van der Waals surface area contributed by atoms with Crippen LogP contribution >= 0.6 is 0 Å². The van der Waals surface area contributed by atoms with Gasteiger partial charge in [-0.25, -0.2) is 8.42 Å². The van der Waals surface area contributed by atoms with Crippen molar-refractivity contribution >= 4 is 20.6 Å². The van der Waals surface area contributed by atoms with Crippen LogP contribution in [0.3, 0.4) is 0 Å². The standard InChI is InChI=1S/C33H42N2O2S/c36-38(37,29-18-15-25(16-19-29)11-5-4-10-24-8-2-1-3-9-24)33-31-21-20-30(35-31)32(33)34-23-26-14-17-27-12-6-7-13-28(27)22-26/h6-7,12-19,22,24,30-35H,1-5,8-11,20-21,23H2. The highest BCUT2D eigenvalue weighted by Gasteiger charge is 2.53. The third kappa shape index (κ3) is 5.57. The van der Waals surface area contributed by atoms with Gasteiger partial charge in [-0.05, 0) is 71.7 Å². The van der Waals surface area contributed by atoms with E-state index in [4.69, 9.17) is 0 Å². The molecule has 3 fully saturated rings. The Morgan fingerprint density at radius 3 is 2.32 bits per heavy atom. The van der Waals surface area contributed by atoms with E-state index >= 15 is 0 Å². The molecule has 6 rings (SSSR count). The predicted molar refractivity (Wildman–Crippen MR) is 156 cm³/mol. The maximum Gasteiger partial charge on any atom is 0.184 e. The number of aryl methyl sites for hydroxylation is 1. The van der Waals surface area contributed by atoms with E-state index in [2.05, 4.69) is 53.1 Å². The minimum absolute atomic E-state index is 0.0265. The summed E-state index contributed by atoms with van der Waals surface area (Å²) in [5, 5.41) is 9.27. The molecule has 4 atom stereocenters. The summed E-state index contributed by atoms with van der Waals surface area (Å²) in [5.74, 6) is 0.939. The molecule has 1 saturated carbocycles. The van der Waals surface area contributed by atoms with Crippen molar-refractivity contribution < 1.29 is 8.42 Å². The normalized spacial score (nSPS) is 25.8. The summed E-state index contributed by atoms with van der Waals surface area (Å²) < 4.78 is 27.8. The molecule has 2 bridgehead atoms. The lowest BCUT2D eigenvalue weighted by molar-refractivity contribution is 0.330. The molecule has 5 heteroatoms. The first kappa shape index (κ1) is 26.0. The molecule has 3 aliphatic rings. The first-order valence-corrected chi connectivity index (χ1v) is 16.4. The van der Waals surface area contributed by atoms with Gasteiger partial charge in [-0.15, -0.1) is 0 Å². The molecule has 4 unspecified atom stereocenters. The summed E-state index contributed by atoms with van der Waals surface area (Å²) in [6.07, 6.45) is 13.9. The summed E-state index contributed by atoms with van der Waals surface area (Å²) in [5.41, 5.74) is 2.44. The Balaban J connectivity index is 1.08. The molecule has 0 spiro atoms. The maximum absolute atomic E-state index is 13.9. The molecule has 2 aliphatic heterocycles. The third-order valence-corrected chi connectivity index (χ3v) is 11.7. The molecule has 2 heterocycles. The third-order valence-electron chi connectivity index (χ3n) is 9.42. The Hall–Kier alpha value is -2.21. The lowest BCUT2D eigenvalue weighted by atomic mass is 9.85. The molecule has 0 radical (unpaired) electrons. The number of unbranched alkanes of at least 4 members (excludes halogenated alkanes) is 1. The SMILES string of the molecule is O=S(=O)(c1ccc(CCCCC2CCCCC2)cc1)C1C2CCC(N2)C1NCc1ccc2ccccc2c1. The van der Waals surface area contributed by atoms with E-state index in [-0.39, 0.29) is 18.1 Å². The Morgan fingerprint density at radius 1 is 0.763 bits per heavy atom. The molecule has 3 aromatic rings.